The summed E-state index contributed by atoms with van der Waals surface area (Å²) in [6.07, 6.45) is 5.12. The van der Waals surface area contributed by atoms with Crippen molar-refractivity contribution in [3.8, 4) is 0 Å². The van der Waals surface area contributed by atoms with E-state index in [9.17, 15) is 0 Å². The molecule has 0 spiro atoms. The fourth-order valence-corrected chi connectivity index (χ4v) is 3.75. The molecule has 4 heteroatoms. The van der Waals surface area contributed by atoms with Crippen LogP contribution >= 0.6 is 23.2 Å². The average Bonchev–Trinajstić information content (AvgIpc) is 2.39. The molecular formula is C16H24Cl2N2. The van der Waals surface area contributed by atoms with Gasteiger partial charge in [0, 0.05) is 28.7 Å². The van der Waals surface area contributed by atoms with Crippen LogP contribution in [0.5, 0.6) is 0 Å². The zero-order chi connectivity index (χ0) is 14.7. The summed E-state index contributed by atoms with van der Waals surface area (Å²) in [5.74, 6) is 0.858. The van der Waals surface area contributed by atoms with Crippen LogP contribution in [0.25, 0.3) is 0 Å². The highest BCUT2D eigenvalue weighted by molar-refractivity contribution is 6.34. The van der Waals surface area contributed by atoms with Crippen molar-refractivity contribution in [3.05, 3.63) is 33.8 Å². The van der Waals surface area contributed by atoms with Crippen LogP contribution in [0.3, 0.4) is 0 Å². The Balaban J connectivity index is 2.14. The van der Waals surface area contributed by atoms with Crippen LogP contribution in [0.1, 0.15) is 44.2 Å². The Morgan fingerprint density at radius 2 is 1.70 bits per heavy atom. The molecule has 1 saturated carbocycles. The maximum atomic E-state index is 6.12. The lowest BCUT2D eigenvalue weighted by Crippen LogP contribution is -2.40. The Labute approximate surface area is 132 Å². The third-order valence-corrected chi connectivity index (χ3v) is 4.98. The first-order valence-corrected chi connectivity index (χ1v) is 8.15. The van der Waals surface area contributed by atoms with Gasteiger partial charge in [-0.25, -0.2) is 0 Å². The van der Waals surface area contributed by atoms with Gasteiger partial charge >= 0.3 is 0 Å². The molecule has 2 rings (SSSR count). The molecule has 1 aromatic rings. The van der Waals surface area contributed by atoms with Gasteiger partial charge in [0.05, 0.1) is 0 Å². The summed E-state index contributed by atoms with van der Waals surface area (Å²) in [6.45, 7) is 2.92. The number of rotatable bonds is 4. The lowest BCUT2D eigenvalue weighted by atomic mass is 9.86. The molecular weight excluding hydrogens is 291 g/mol. The molecule has 0 radical (unpaired) electrons. The second kappa shape index (κ2) is 7.13. The van der Waals surface area contributed by atoms with Crippen molar-refractivity contribution in [2.45, 2.75) is 44.7 Å². The largest absolute Gasteiger partial charge is 0.329 e. The van der Waals surface area contributed by atoms with Gasteiger partial charge in [-0.3, -0.25) is 4.90 Å². The monoisotopic (exact) mass is 314 g/mol. The highest BCUT2D eigenvalue weighted by atomic mass is 35.5. The number of nitrogens with two attached hydrogens (primary N) is 1. The number of likely N-dealkylation sites (N-methyl/N-ethyl adjacent to an activating group) is 1. The molecule has 0 aliphatic heterocycles. The van der Waals surface area contributed by atoms with Gasteiger partial charge in [0.2, 0.25) is 0 Å². The van der Waals surface area contributed by atoms with Crippen molar-refractivity contribution in [1.82, 2.24) is 4.90 Å². The van der Waals surface area contributed by atoms with Crippen LogP contribution in [0, 0.1) is 5.92 Å². The molecule has 0 bridgehead atoms. The predicted octanol–water partition coefficient (Wildman–Crippen LogP) is 4.50. The molecule has 1 aromatic carbocycles. The molecule has 1 fully saturated rings. The summed E-state index contributed by atoms with van der Waals surface area (Å²) in [7, 11) is 2.17. The number of nitrogens with zero attached hydrogens (tertiary/aromatic N) is 1. The molecule has 112 valence electrons. The van der Waals surface area contributed by atoms with Crippen molar-refractivity contribution in [1.29, 1.82) is 0 Å². The van der Waals surface area contributed by atoms with E-state index < -0.39 is 0 Å². The van der Waals surface area contributed by atoms with E-state index in [2.05, 4.69) is 18.9 Å². The average molecular weight is 315 g/mol. The van der Waals surface area contributed by atoms with Crippen molar-refractivity contribution in [2.75, 3.05) is 13.6 Å². The Hall–Kier alpha value is -0.280. The van der Waals surface area contributed by atoms with Gasteiger partial charge in [-0.05, 0) is 62.4 Å². The van der Waals surface area contributed by atoms with Crippen LogP contribution < -0.4 is 5.73 Å². The highest BCUT2D eigenvalue weighted by Crippen LogP contribution is 2.32. The summed E-state index contributed by atoms with van der Waals surface area (Å²) in [5, 5.41) is 1.35. The Bertz CT molecular complexity index is 422. The number of hydrogen-bond donors (Lipinski definition) is 1. The smallest absolute Gasteiger partial charge is 0.0471 e. The van der Waals surface area contributed by atoms with E-state index in [1.54, 1.807) is 6.07 Å². The van der Waals surface area contributed by atoms with Crippen LogP contribution in [-0.4, -0.2) is 24.5 Å². The second-order valence-corrected chi connectivity index (χ2v) is 6.91. The summed E-state index contributed by atoms with van der Waals surface area (Å²) < 4.78 is 0. The standard InChI is InChI=1S/C16H24Cl2N2/c1-11-3-5-15(6-4-11)20(2)16(10-19)12-7-13(17)9-14(18)8-12/h7-9,11,15-16H,3-6,10,19H2,1-2H3. The molecule has 1 atom stereocenters. The molecule has 20 heavy (non-hydrogen) atoms. The van der Waals surface area contributed by atoms with Crippen LogP contribution in [0.2, 0.25) is 10.0 Å². The van der Waals surface area contributed by atoms with Gasteiger partial charge in [0.25, 0.3) is 0 Å². The van der Waals surface area contributed by atoms with E-state index in [-0.39, 0.29) is 6.04 Å². The SMILES string of the molecule is CC1CCC(N(C)C(CN)c2cc(Cl)cc(Cl)c2)CC1. The normalized spacial score (nSPS) is 24.9. The maximum absolute atomic E-state index is 6.12. The Morgan fingerprint density at radius 3 is 2.20 bits per heavy atom. The molecule has 0 heterocycles. The molecule has 0 amide bonds. The summed E-state index contributed by atoms with van der Waals surface area (Å²) >= 11 is 12.2. The second-order valence-electron chi connectivity index (χ2n) is 6.03. The minimum Gasteiger partial charge on any atom is -0.329 e. The van der Waals surface area contributed by atoms with E-state index >= 15 is 0 Å². The lowest BCUT2D eigenvalue weighted by molar-refractivity contribution is 0.126. The molecule has 2 N–H and O–H groups in total. The van der Waals surface area contributed by atoms with Gasteiger partial charge in [0.1, 0.15) is 0 Å². The quantitative estimate of drug-likeness (QED) is 0.886. The molecule has 2 nitrogen and oxygen atoms in total. The van der Waals surface area contributed by atoms with Crippen molar-refractivity contribution in [2.24, 2.45) is 11.7 Å². The molecule has 1 unspecified atom stereocenters. The molecule has 1 aliphatic rings. The number of benzene rings is 1. The maximum Gasteiger partial charge on any atom is 0.0471 e. The first kappa shape index (κ1) is 16.1. The predicted molar refractivity (Wildman–Crippen MR) is 87.4 cm³/mol. The third-order valence-electron chi connectivity index (χ3n) is 4.55. The number of hydrogen-bond acceptors (Lipinski definition) is 2. The first-order chi connectivity index (χ1) is 9.51. The Morgan fingerprint density at radius 1 is 1.15 bits per heavy atom. The van der Waals surface area contributed by atoms with Crippen molar-refractivity contribution >= 4 is 23.2 Å². The minimum absolute atomic E-state index is 0.185. The van der Waals surface area contributed by atoms with E-state index in [4.69, 9.17) is 28.9 Å². The minimum atomic E-state index is 0.185. The highest BCUT2D eigenvalue weighted by Gasteiger charge is 2.27. The fraction of sp³-hybridized carbons (Fsp3) is 0.625. The van der Waals surface area contributed by atoms with Gasteiger partial charge in [-0.1, -0.05) is 30.1 Å². The number of halogens is 2. The lowest BCUT2D eigenvalue weighted by Gasteiger charge is -2.38. The summed E-state index contributed by atoms with van der Waals surface area (Å²) in [4.78, 5) is 2.41. The van der Waals surface area contributed by atoms with Crippen LogP contribution in [0.4, 0.5) is 0 Å². The van der Waals surface area contributed by atoms with Crippen molar-refractivity contribution < 1.29 is 0 Å². The first-order valence-electron chi connectivity index (χ1n) is 7.39. The summed E-state index contributed by atoms with van der Waals surface area (Å²) in [6, 6.07) is 6.52. The van der Waals surface area contributed by atoms with E-state index in [0.717, 1.165) is 11.5 Å². The van der Waals surface area contributed by atoms with E-state index in [0.29, 0.717) is 22.6 Å². The molecule has 0 aromatic heterocycles. The van der Waals surface area contributed by atoms with Crippen LogP contribution in [-0.2, 0) is 0 Å². The van der Waals surface area contributed by atoms with Crippen molar-refractivity contribution in [3.63, 3.8) is 0 Å². The van der Waals surface area contributed by atoms with Gasteiger partial charge in [-0.2, -0.15) is 0 Å². The zero-order valence-electron chi connectivity index (χ0n) is 12.3. The van der Waals surface area contributed by atoms with Gasteiger partial charge < -0.3 is 5.73 Å². The van der Waals surface area contributed by atoms with Gasteiger partial charge in [-0.15, -0.1) is 0 Å². The topological polar surface area (TPSA) is 29.3 Å². The van der Waals surface area contributed by atoms with E-state index in [1.165, 1.54) is 25.7 Å². The Kier molecular flexibility index (Phi) is 5.74. The molecule has 0 saturated heterocycles. The van der Waals surface area contributed by atoms with Gasteiger partial charge in [0.15, 0.2) is 0 Å². The van der Waals surface area contributed by atoms with E-state index in [1.807, 2.05) is 12.1 Å². The molecule has 1 aliphatic carbocycles. The zero-order valence-corrected chi connectivity index (χ0v) is 13.8. The third kappa shape index (κ3) is 3.88. The summed E-state index contributed by atoms with van der Waals surface area (Å²) in [5.41, 5.74) is 7.13. The van der Waals surface area contributed by atoms with Crippen LogP contribution in [0.15, 0.2) is 18.2 Å². The fourth-order valence-electron chi connectivity index (χ4n) is 3.21.